The summed E-state index contributed by atoms with van der Waals surface area (Å²) in [7, 11) is 0. The maximum Gasteiger partial charge on any atom is 0.210 e. The molecule has 0 amide bonds. The topological polar surface area (TPSA) is 33.1 Å². The minimum absolute atomic E-state index is 0.930. The maximum atomic E-state index is 4.51. The second-order valence-electron chi connectivity index (χ2n) is 4.47. The molecule has 0 spiro atoms. The SMILES string of the molecule is CCn1ccnc1N1CCNCc2ccccc21. The van der Waals surface area contributed by atoms with E-state index in [0.717, 1.165) is 32.1 Å². The van der Waals surface area contributed by atoms with Crippen molar-refractivity contribution in [3.05, 3.63) is 42.2 Å². The molecule has 0 saturated heterocycles. The molecule has 1 N–H and O–H groups in total. The van der Waals surface area contributed by atoms with Gasteiger partial charge < -0.3 is 14.8 Å². The van der Waals surface area contributed by atoms with Gasteiger partial charge in [-0.25, -0.2) is 4.98 Å². The Balaban J connectivity index is 2.06. The fourth-order valence-corrected chi connectivity index (χ4v) is 2.46. The van der Waals surface area contributed by atoms with Gasteiger partial charge in [-0.05, 0) is 18.6 Å². The third-order valence-corrected chi connectivity index (χ3v) is 3.39. The molecular formula is C14H18N4. The van der Waals surface area contributed by atoms with Gasteiger partial charge in [0.25, 0.3) is 0 Å². The first-order valence-electron chi connectivity index (χ1n) is 6.47. The number of para-hydroxylation sites is 1. The molecule has 4 nitrogen and oxygen atoms in total. The van der Waals surface area contributed by atoms with Crippen LogP contribution in [0, 0.1) is 0 Å². The van der Waals surface area contributed by atoms with Gasteiger partial charge in [0.15, 0.2) is 0 Å². The van der Waals surface area contributed by atoms with Crippen LogP contribution in [0.15, 0.2) is 36.7 Å². The lowest BCUT2D eigenvalue weighted by Gasteiger charge is -2.24. The summed E-state index contributed by atoms with van der Waals surface area (Å²) >= 11 is 0. The summed E-state index contributed by atoms with van der Waals surface area (Å²) in [5, 5.41) is 3.45. The zero-order valence-electron chi connectivity index (χ0n) is 10.6. The van der Waals surface area contributed by atoms with Crippen LogP contribution in [-0.4, -0.2) is 22.6 Å². The molecule has 0 radical (unpaired) electrons. The van der Waals surface area contributed by atoms with Gasteiger partial charge in [0, 0.05) is 44.3 Å². The summed E-state index contributed by atoms with van der Waals surface area (Å²) in [4.78, 5) is 6.82. The van der Waals surface area contributed by atoms with Gasteiger partial charge in [-0.3, -0.25) is 0 Å². The van der Waals surface area contributed by atoms with Crippen molar-refractivity contribution >= 4 is 11.6 Å². The van der Waals surface area contributed by atoms with Crippen molar-refractivity contribution in [2.45, 2.75) is 20.0 Å². The zero-order valence-corrected chi connectivity index (χ0v) is 10.6. The van der Waals surface area contributed by atoms with Gasteiger partial charge in [-0.15, -0.1) is 0 Å². The van der Waals surface area contributed by atoms with Crippen LogP contribution in [0.1, 0.15) is 12.5 Å². The molecule has 1 aromatic carbocycles. The van der Waals surface area contributed by atoms with Crippen molar-refractivity contribution in [2.24, 2.45) is 0 Å². The van der Waals surface area contributed by atoms with E-state index >= 15 is 0 Å². The Hall–Kier alpha value is -1.81. The minimum atomic E-state index is 0.930. The van der Waals surface area contributed by atoms with Crippen molar-refractivity contribution < 1.29 is 0 Å². The van der Waals surface area contributed by atoms with Crippen LogP contribution in [0.5, 0.6) is 0 Å². The van der Waals surface area contributed by atoms with Crippen molar-refractivity contribution in [1.82, 2.24) is 14.9 Å². The highest BCUT2D eigenvalue weighted by molar-refractivity contribution is 5.62. The number of hydrogen-bond donors (Lipinski definition) is 1. The Labute approximate surface area is 107 Å². The molecule has 0 unspecified atom stereocenters. The molecule has 1 aromatic heterocycles. The van der Waals surface area contributed by atoms with Crippen LogP contribution in [0.3, 0.4) is 0 Å². The third kappa shape index (κ3) is 1.88. The van der Waals surface area contributed by atoms with Crippen LogP contribution in [0.25, 0.3) is 0 Å². The fraction of sp³-hybridized carbons (Fsp3) is 0.357. The lowest BCUT2D eigenvalue weighted by Crippen LogP contribution is -2.26. The highest BCUT2D eigenvalue weighted by Crippen LogP contribution is 2.28. The smallest absolute Gasteiger partial charge is 0.210 e. The van der Waals surface area contributed by atoms with E-state index in [1.165, 1.54) is 11.3 Å². The Kier molecular flexibility index (Phi) is 3.02. The van der Waals surface area contributed by atoms with E-state index in [1.54, 1.807) is 0 Å². The largest absolute Gasteiger partial charge is 0.317 e. The Bertz CT molecular complexity index is 532. The second-order valence-corrected chi connectivity index (χ2v) is 4.47. The number of anilines is 2. The Morgan fingerprint density at radius 2 is 2.22 bits per heavy atom. The fourth-order valence-electron chi connectivity index (χ4n) is 2.46. The van der Waals surface area contributed by atoms with Gasteiger partial charge in [-0.2, -0.15) is 0 Å². The summed E-state index contributed by atoms with van der Waals surface area (Å²) in [6.45, 7) is 5.95. The third-order valence-electron chi connectivity index (χ3n) is 3.39. The number of nitrogens with one attached hydrogen (secondary N) is 1. The van der Waals surface area contributed by atoms with Crippen molar-refractivity contribution in [1.29, 1.82) is 0 Å². The maximum absolute atomic E-state index is 4.51. The van der Waals surface area contributed by atoms with E-state index in [9.17, 15) is 0 Å². The van der Waals surface area contributed by atoms with Gasteiger partial charge in [0.05, 0.1) is 0 Å². The lowest BCUT2D eigenvalue weighted by molar-refractivity contribution is 0.693. The Morgan fingerprint density at radius 1 is 1.33 bits per heavy atom. The molecule has 0 bridgehead atoms. The molecule has 94 valence electrons. The molecule has 2 aromatic rings. The number of benzene rings is 1. The van der Waals surface area contributed by atoms with E-state index in [-0.39, 0.29) is 0 Å². The van der Waals surface area contributed by atoms with Crippen molar-refractivity contribution in [3.8, 4) is 0 Å². The lowest BCUT2D eigenvalue weighted by atomic mass is 10.1. The zero-order chi connectivity index (χ0) is 12.4. The molecule has 1 aliphatic heterocycles. The second kappa shape index (κ2) is 4.82. The van der Waals surface area contributed by atoms with Crippen LogP contribution in [-0.2, 0) is 13.1 Å². The first kappa shape index (κ1) is 11.3. The molecule has 0 aliphatic carbocycles. The standard InChI is InChI=1S/C14H18N4/c1-2-17-9-8-16-14(17)18-10-7-15-11-12-5-3-4-6-13(12)18/h3-6,8-9,15H,2,7,10-11H2,1H3. The van der Waals surface area contributed by atoms with Gasteiger partial charge in [0.2, 0.25) is 5.95 Å². The Morgan fingerprint density at radius 3 is 3.11 bits per heavy atom. The quantitative estimate of drug-likeness (QED) is 0.876. The van der Waals surface area contributed by atoms with Crippen molar-refractivity contribution in [3.63, 3.8) is 0 Å². The number of fused-ring (bicyclic) bond motifs is 1. The average molecular weight is 242 g/mol. The molecule has 0 fully saturated rings. The first-order valence-corrected chi connectivity index (χ1v) is 6.47. The first-order chi connectivity index (χ1) is 8.90. The summed E-state index contributed by atoms with van der Waals surface area (Å²) in [5.41, 5.74) is 2.60. The molecule has 4 heteroatoms. The highest BCUT2D eigenvalue weighted by Gasteiger charge is 2.19. The number of hydrogen-bond acceptors (Lipinski definition) is 3. The van der Waals surface area contributed by atoms with Crippen LogP contribution < -0.4 is 10.2 Å². The summed E-state index contributed by atoms with van der Waals surface area (Å²) in [5.74, 6) is 1.04. The molecule has 0 atom stereocenters. The highest BCUT2D eigenvalue weighted by atomic mass is 15.3. The number of imidazole rings is 1. The predicted molar refractivity (Wildman–Crippen MR) is 73.1 cm³/mol. The van der Waals surface area contributed by atoms with Crippen LogP contribution in [0.4, 0.5) is 11.6 Å². The number of rotatable bonds is 2. The van der Waals surface area contributed by atoms with Crippen molar-refractivity contribution in [2.75, 3.05) is 18.0 Å². The molecular weight excluding hydrogens is 224 g/mol. The van der Waals surface area contributed by atoms with E-state index in [4.69, 9.17) is 0 Å². The average Bonchev–Trinajstić information content (AvgIpc) is 2.78. The van der Waals surface area contributed by atoms with Crippen LogP contribution >= 0.6 is 0 Å². The number of aryl methyl sites for hydroxylation is 1. The van der Waals surface area contributed by atoms with Crippen LogP contribution in [0.2, 0.25) is 0 Å². The normalized spacial score (nSPS) is 15.3. The van der Waals surface area contributed by atoms with Gasteiger partial charge in [0.1, 0.15) is 0 Å². The van der Waals surface area contributed by atoms with Gasteiger partial charge in [-0.1, -0.05) is 18.2 Å². The number of nitrogens with zero attached hydrogens (tertiary/aromatic N) is 3. The number of aromatic nitrogens is 2. The monoisotopic (exact) mass is 242 g/mol. The molecule has 0 saturated carbocycles. The predicted octanol–water partition coefficient (Wildman–Crippen LogP) is 2.14. The summed E-state index contributed by atoms with van der Waals surface area (Å²) in [6, 6.07) is 8.55. The van der Waals surface area contributed by atoms with E-state index in [0.29, 0.717) is 0 Å². The van der Waals surface area contributed by atoms with Gasteiger partial charge >= 0.3 is 0 Å². The molecule has 18 heavy (non-hydrogen) atoms. The summed E-state index contributed by atoms with van der Waals surface area (Å²) < 4.78 is 2.18. The van der Waals surface area contributed by atoms with E-state index < -0.39 is 0 Å². The summed E-state index contributed by atoms with van der Waals surface area (Å²) in [6.07, 6.45) is 3.91. The molecule has 1 aliphatic rings. The van der Waals surface area contributed by atoms with E-state index in [2.05, 4.69) is 51.0 Å². The molecule has 3 rings (SSSR count). The minimum Gasteiger partial charge on any atom is -0.317 e. The molecule has 2 heterocycles. The van der Waals surface area contributed by atoms with E-state index in [1.807, 2.05) is 12.4 Å².